The number of carbonyl (C=O) groups is 1. The number of benzene rings is 2. The summed E-state index contributed by atoms with van der Waals surface area (Å²) in [6.45, 7) is 2.00. The molecule has 7 nitrogen and oxygen atoms in total. The third-order valence-electron chi connectivity index (χ3n) is 6.90. The largest absolute Gasteiger partial charge is 0.449 e. The molecule has 2 aliphatic rings. The SMILES string of the molecule is COC1(CNC(=O)C2(C)C(c3ccc(Cl)o3)C(c3ccc(F)cc3F)=NN2c2ccc(F)cc2F)COC1. The molecule has 0 radical (unpaired) electrons. The predicted molar refractivity (Wildman–Crippen MR) is 130 cm³/mol. The van der Waals surface area contributed by atoms with Crippen molar-refractivity contribution in [3.8, 4) is 0 Å². The summed E-state index contributed by atoms with van der Waals surface area (Å²) in [5, 5.41) is 8.30. The van der Waals surface area contributed by atoms with Crippen LogP contribution in [0.5, 0.6) is 0 Å². The van der Waals surface area contributed by atoms with Gasteiger partial charge in [-0.3, -0.25) is 4.79 Å². The van der Waals surface area contributed by atoms with Crippen LogP contribution in [-0.4, -0.2) is 49.6 Å². The van der Waals surface area contributed by atoms with E-state index in [2.05, 4.69) is 10.4 Å². The highest BCUT2D eigenvalue weighted by molar-refractivity contribution is 6.28. The summed E-state index contributed by atoms with van der Waals surface area (Å²) >= 11 is 6.04. The molecule has 2 aliphatic heterocycles. The fourth-order valence-corrected chi connectivity index (χ4v) is 4.84. The number of carbonyl (C=O) groups excluding carboxylic acids is 1. The molecule has 1 fully saturated rings. The molecule has 38 heavy (non-hydrogen) atoms. The van der Waals surface area contributed by atoms with Crippen molar-refractivity contribution in [2.45, 2.75) is 24.0 Å². The average molecular weight is 552 g/mol. The molecule has 3 aromatic rings. The third-order valence-corrected chi connectivity index (χ3v) is 7.10. The molecule has 200 valence electrons. The maximum atomic E-state index is 15.1. The number of ether oxygens (including phenoxy) is 2. The molecule has 1 saturated heterocycles. The van der Waals surface area contributed by atoms with Crippen molar-refractivity contribution in [3.05, 3.63) is 88.3 Å². The number of hydrazone groups is 1. The van der Waals surface area contributed by atoms with Gasteiger partial charge < -0.3 is 19.2 Å². The minimum atomic E-state index is -1.80. The molecule has 2 unspecified atom stereocenters. The van der Waals surface area contributed by atoms with Gasteiger partial charge in [-0.15, -0.1) is 0 Å². The summed E-state index contributed by atoms with van der Waals surface area (Å²) in [5.41, 5.74) is -3.00. The smallest absolute Gasteiger partial charge is 0.249 e. The van der Waals surface area contributed by atoms with E-state index in [-0.39, 0.29) is 47.7 Å². The number of hydrogen-bond donors (Lipinski definition) is 1. The van der Waals surface area contributed by atoms with E-state index in [1.165, 1.54) is 26.2 Å². The fraction of sp³-hybridized carbons (Fsp3) is 0.308. The molecular weight excluding hydrogens is 530 g/mol. The maximum absolute atomic E-state index is 15.1. The van der Waals surface area contributed by atoms with Gasteiger partial charge in [0.2, 0.25) is 5.91 Å². The lowest BCUT2D eigenvalue weighted by Gasteiger charge is -2.42. The summed E-state index contributed by atoms with van der Waals surface area (Å²) < 4.78 is 74.1. The van der Waals surface area contributed by atoms with Gasteiger partial charge in [0.25, 0.3) is 0 Å². The first-order chi connectivity index (χ1) is 18.1. The number of halogens is 5. The van der Waals surface area contributed by atoms with Gasteiger partial charge in [-0.2, -0.15) is 5.10 Å². The monoisotopic (exact) mass is 551 g/mol. The molecule has 1 N–H and O–H groups in total. The van der Waals surface area contributed by atoms with Crippen molar-refractivity contribution in [2.75, 3.05) is 31.9 Å². The number of methoxy groups -OCH3 is 1. The highest BCUT2D eigenvalue weighted by atomic mass is 35.5. The van der Waals surface area contributed by atoms with Gasteiger partial charge in [0.15, 0.2) is 16.6 Å². The first-order valence-corrected chi connectivity index (χ1v) is 11.9. The molecule has 2 atom stereocenters. The van der Waals surface area contributed by atoms with Crippen LogP contribution in [0, 0.1) is 23.3 Å². The second kappa shape index (κ2) is 9.72. The second-order valence-corrected chi connectivity index (χ2v) is 9.67. The standard InChI is InChI=1S/C26H22ClF4N3O4/c1-25(24(35)32-11-26(36-2)12-37-13-26)22(20-7-8-21(27)38-20)23(16-5-3-14(28)9-17(16)30)33-34(25)19-6-4-15(29)10-18(19)31/h3-10,22H,11-13H2,1-2H3,(H,32,35). The number of hydrogen-bond acceptors (Lipinski definition) is 6. The third kappa shape index (κ3) is 4.34. The van der Waals surface area contributed by atoms with Crippen LogP contribution in [0.15, 0.2) is 58.0 Å². The van der Waals surface area contributed by atoms with Crippen molar-refractivity contribution >= 4 is 28.9 Å². The van der Waals surface area contributed by atoms with Gasteiger partial charge in [0, 0.05) is 24.8 Å². The zero-order valence-electron chi connectivity index (χ0n) is 20.2. The van der Waals surface area contributed by atoms with Gasteiger partial charge in [0.05, 0.1) is 37.1 Å². The molecule has 0 spiro atoms. The van der Waals surface area contributed by atoms with E-state index < -0.39 is 46.2 Å². The van der Waals surface area contributed by atoms with Crippen LogP contribution in [0.1, 0.15) is 24.2 Å². The summed E-state index contributed by atoms with van der Waals surface area (Å²) in [7, 11) is 1.48. The van der Waals surface area contributed by atoms with Crippen molar-refractivity contribution in [3.63, 3.8) is 0 Å². The minimum Gasteiger partial charge on any atom is -0.449 e. The van der Waals surface area contributed by atoms with E-state index in [4.69, 9.17) is 25.5 Å². The Balaban J connectivity index is 1.68. The highest BCUT2D eigenvalue weighted by Crippen LogP contribution is 2.46. The van der Waals surface area contributed by atoms with Crippen LogP contribution in [0.2, 0.25) is 5.22 Å². The molecule has 2 aromatic carbocycles. The number of rotatable bonds is 7. The molecule has 0 saturated carbocycles. The summed E-state index contributed by atoms with van der Waals surface area (Å²) in [6, 6.07) is 8.54. The van der Waals surface area contributed by atoms with Crippen molar-refractivity contribution in [1.82, 2.24) is 5.32 Å². The lowest BCUT2D eigenvalue weighted by Crippen LogP contribution is -2.63. The quantitative estimate of drug-likeness (QED) is 0.428. The van der Waals surface area contributed by atoms with E-state index in [0.717, 1.165) is 29.3 Å². The molecule has 1 aromatic heterocycles. The maximum Gasteiger partial charge on any atom is 0.249 e. The van der Waals surface area contributed by atoms with Crippen LogP contribution in [0.4, 0.5) is 23.2 Å². The Morgan fingerprint density at radius 1 is 1.11 bits per heavy atom. The Bertz CT molecular complexity index is 1420. The van der Waals surface area contributed by atoms with Crippen LogP contribution in [0.3, 0.4) is 0 Å². The van der Waals surface area contributed by atoms with E-state index in [0.29, 0.717) is 12.1 Å². The summed E-state index contributed by atoms with van der Waals surface area (Å²) in [4.78, 5) is 14.0. The number of furan rings is 1. The number of amides is 1. The summed E-state index contributed by atoms with van der Waals surface area (Å²) in [5.74, 6) is -5.32. The normalized spacial score (nSPS) is 22.2. The lowest BCUT2D eigenvalue weighted by atomic mass is 9.78. The Morgan fingerprint density at radius 2 is 1.79 bits per heavy atom. The Hall–Kier alpha value is -3.41. The van der Waals surface area contributed by atoms with Gasteiger partial charge in [0.1, 0.15) is 28.8 Å². The van der Waals surface area contributed by atoms with E-state index in [1.54, 1.807) is 0 Å². The van der Waals surface area contributed by atoms with E-state index >= 15 is 8.78 Å². The Kier molecular flexibility index (Phi) is 6.70. The zero-order chi connectivity index (χ0) is 27.2. The van der Waals surface area contributed by atoms with Gasteiger partial charge in [-0.1, -0.05) is 0 Å². The minimum absolute atomic E-state index is 0.0157. The second-order valence-electron chi connectivity index (χ2n) is 9.30. The van der Waals surface area contributed by atoms with Crippen LogP contribution >= 0.6 is 11.6 Å². The van der Waals surface area contributed by atoms with Crippen molar-refractivity contribution in [2.24, 2.45) is 5.10 Å². The predicted octanol–water partition coefficient (Wildman–Crippen LogP) is 4.79. The first-order valence-electron chi connectivity index (χ1n) is 11.5. The van der Waals surface area contributed by atoms with Crippen LogP contribution < -0.4 is 10.3 Å². The van der Waals surface area contributed by atoms with Crippen molar-refractivity contribution < 1.29 is 36.2 Å². The number of nitrogens with one attached hydrogen (secondary N) is 1. The number of nitrogens with zero attached hydrogens (tertiary/aromatic N) is 2. The topological polar surface area (TPSA) is 76.3 Å². The van der Waals surface area contributed by atoms with Gasteiger partial charge in [-0.25, -0.2) is 22.6 Å². The molecular formula is C26H22ClF4N3O4. The van der Waals surface area contributed by atoms with Crippen LogP contribution in [-0.2, 0) is 14.3 Å². The zero-order valence-corrected chi connectivity index (χ0v) is 21.0. The molecule has 1 amide bonds. The lowest BCUT2D eigenvalue weighted by molar-refractivity contribution is -0.193. The molecule has 3 heterocycles. The van der Waals surface area contributed by atoms with Gasteiger partial charge in [-0.05, 0) is 54.9 Å². The summed E-state index contributed by atoms with van der Waals surface area (Å²) in [6.07, 6.45) is 0. The fourth-order valence-electron chi connectivity index (χ4n) is 4.69. The first kappa shape index (κ1) is 26.2. The van der Waals surface area contributed by atoms with E-state index in [1.807, 2.05) is 0 Å². The number of anilines is 1. The van der Waals surface area contributed by atoms with Gasteiger partial charge >= 0.3 is 0 Å². The Labute approximate surface area is 220 Å². The Morgan fingerprint density at radius 3 is 2.34 bits per heavy atom. The van der Waals surface area contributed by atoms with E-state index in [9.17, 15) is 13.6 Å². The average Bonchev–Trinajstić information content (AvgIpc) is 3.39. The molecule has 0 bridgehead atoms. The van der Waals surface area contributed by atoms with Crippen LogP contribution in [0.25, 0.3) is 0 Å². The van der Waals surface area contributed by atoms with Crippen molar-refractivity contribution in [1.29, 1.82) is 0 Å². The molecule has 12 heteroatoms. The molecule has 5 rings (SSSR count). The molecule has 0 aliphatic carbocycles. The highest BCUT2D eigenvalue weighted by Gasteiger charge is 2.57.